The van der Waals surface area contributed by atoms with Crippen LogP contribution < -0.4 is 5.32 Å². The third-order valence-electron chi connectivity index (χ3n) is 2.83. The van der Waals surface area contributed by atoms with Crippen molar-refractivity contribution in [3.05, 3.63) is 64.1 Å². The van der Waals surface area contributed by atoms with Crippen molar-refractivity contribution in [3.8, 4) is 0 Å². The van der Waals surface area contributed by atoms with Gasteiger partial charge in [0, 0.05) is 15.9 Å². The van der Waals surface area contributed by atoms with Crippen LogP contribution in [0.15, 0.2) is 57.9 Å². The molecule has 0 spiro atoms. The smallest absolute Gasteiger partial charge is 0.230 e. The maximum absolute atomic E-state index is 11.8. The number of halogens is 1. The maximum atomic E-state index is 11.8. The number of benzene rings is 2. The van der Waals surface area contributed by atoms with Gasteiger partial charge in [-0.05, 0) is 36.2 Å². The van der Waals surface area contributed by atoms with Gasteiger partial charge in [0.15, 0.2) is 0 Å². The lowest BCUT2D eigenvalue weighted by molar-refractivity contribution is -0.118. The molecular formula is C16H16BrNOS. The van der Waals surface area contributed by atoms with Crippen LogP contribution >= 0.6 is 27.7 Å². The van der Waals surface area contributed by atoms with Crippen LogP contribution in [0.1, 0.15) is 11.1 Å². The number of carbonyl (C=O) groups excluding carboxylic acids is 1. The van der Waals surface area contributed by atoms with Crippen molar-refractivity contribution in [2.75, 3.05) is 5.75 Å². The van der Waals surface area contributed by atoms with Crippen LogP contribution in [0.3, 0.4) is 0 Å². The number of carbonyl (C=O) groups is 1. The predicted octanol–water partition coefficient (Wildman–Crippen LogP) is 4.17. The first-order valence-electron chi connectivity index (χ1n) is 6.35. The van der Waals surface area contributed by atoms with Crippen LogP contribution in [0.5, 0.6) is 0 Å². The highest BCUT2D eigenvalue weighted by molar-refractivity contribution is 9.10. The summed E-state index contributed by atoms with van der Waals surface area (Å²) in [5.74, 6) is 0.496. The molecule has 2 rings (SSSR count). The van der Waals surface area contributed by atoms with Gasteiger partial charge in [0.2, 0.25) is 5.91 Å². The highest BCUT2D eigenvalue weighted by Crippen LogP contribution is 2.25. The Bertz CT molecular complexity index is 586. The van der Waals surface area contributed by atoms with Crippen LogP contribution in [0, 0.1) is 6.92 Å². The Labute approximate surface area is 132 Å². The number of hydrogen-bond acceptors (Lipinski definition) is 2. The topological polar surface area (TPSA) is 29.1 Å². The van der Waals surface area contributed by atoms with Gasteiger partial charge in [-0.3, -0.25) is 4.79 Å². The van der Waals surface area contributed by atoms with Crippen molar-refractivity contribution in [3.63, 3.8) is 0 Å². The lowest BCUT2D eigenvalue weighted by Gasteiger charge is -2.07. The van der Waals surface area contributed by atoms with Crippen LogP contribution in [-0.4, -0.2) is 11.7 Å². The molecular weight excluding hydrogens is 334 g/mol. The van der Waals surface area contributed by atoms with Crippen LogP contribution in [0.25, 0.3) is 0 Å². The fourth-order valence-electron chi connectivity index (χ4n) is 1.77. The summed E-state index contributed by atoms with van der Waals surface area (Å²) in [6.45, 7) is 2.63. The Morgan fingerprint density at radius 3 is 2.65 bits per heavy atom. The zero-order chi connectivity index (χ0) is 14.4. The van der Waals surface area contributed by atoms with E-state index in [1.54, 1.807) is 11.8 Å². The van der Waals surface area contributed by atoms with E-state index in [2.05, 4.69) is 34.2 Å². The summed E-state index contributed by atoms with van der Waals surface area (Å²) in [5, 5.41) is 2.93. The van der Waals surface area contributed by atoms with Gasteiger partial charge in [-0.1, -0.05) is 46.3 Å². The van der Waals surface area contributed by atoms with Crippen molar-refractivity contribution in [2.24, 2.45) is 0 Å². The van der Waals surface area contributed by atoms with E-state index in [0.29, 0.717) is 12.3 Å². The van der Waals surface area contributed by atoms with E-state index in [9.17, 15) is 4.79 Å². The molecule has 0 aliphatic rings. The highest BCUT2D eigenvalue weighted by Gasteiger charge is 2.05. The zero-order valence-electron chi connectivity index (χ0n) is 11.2. The molecule has 0 saturated carbocycles. The number of thioether (sulfide) groups is 1. The summed E-state index contributed by atoms with van der Waals surface area (Å²) >= 11 is 5.00. The van der Waals surface area contributed by atoms with E-state index in [1.165, 1.54) is 5.56 Å². The van der Waals surface area contributed by atoms with Gasteiger partial charge in [0.05, 0.1) is 5.75 Å². The fourth-order valence-corrected chi connectivity index (χ4v) is 3.08. The maximum Gasteiger partial charge on any atom is 0.230 e. The number of amides is 1. The normalized spacial score (nSPS) is 10.3. The Balaban J connectivity index is 1.80. The van der Waals surface area contributed by atoms with Crippen molar-refractivity contribution < 1.29 is 4.79 Å². The molecule has 0 atom stereocenters. The molecule has 104 valence electrons. The minimum atomic E-state index is 0.0566. The minimum Gasteiger partial charge on any atom is -0.351 e. The second kappa shape index (κ2) is 7.50. The van der Waals surface area contributed by atoms with Crippen LogP contribution in [0.2, 0.25) is 0 Å². The van der Waals surface area contributed by atoms with Crippen LogP contribution in [0.4, 0.5) is 0 Å². The number of nitrogens with one attached hydrogen (secondary N) is 1. The summed E-state index contributed by atoms with van der Waals surface area (Å²) in [4.78, 5) is 13.0. The molecule has 0 bridgehead atoms. The second-order valence-electron chi connectivity index (χ2n) is 4.46. The van der Waals surface area contributed by atoms with Gasteiger partial charge in [-0.15, -0.1) is 11.8 Å². The first-order chi connectivity index (χ1) is 9.65. The molecule has 0 radical (unpaired) electrons. The molecule has 0 aromatic heterocycles. The van der Waals surface area contributed by atoms with Gasteiger partial charge >= 0.3 is 0 Å². The predicted molar refractivity (Wildman–Crippen MR) is 87.9 cm³/mol. The molecule has 0 unspecified atom stereocenters. The Kier molecular flexibility index (Phi) is 5.68. The third kappa shape index (κ3) is 4.69. The lowest BCUT2D eigenvalue weighted by atomic mass is 10.2. The molecule has 20 heavy (non-hydrogen) atoms. The third-order valence-corrected chi connectivity index (χ3v) is 4.50. The molecule has 0 fully saturated rings. The molecule has 0 saturated heterocycles. The average molecular weight is 350 g/mol. The fraction of sp³-hybridized carbons (Fsp3) is 0.188. The van der Waals surface area contributed by atoms with Crippen molar-refractivity contribution in [2.45, 2.75) is 18.4 Å². The number of aryl methyl sites for hydroxylation is 1. The van der Waals surface area contributed by atoms with E-state index < -0.39 is 0 Å². The quantitative estimate of drug-likeness (QED) is 0.821. The minimum absolute atomic E-state index is 0.0566. The molecule has 0 aliphatic heterocycles. The van der Waals surface area contributed by atoms with E-state index in [1.807, 2.05) is 42.5 Å². The molecule has 0 heterocycles. The molecule has 0 aliphatic carbocycles. The second-order valence-corrected chi connectivity index (χ2v) is 6.39. The highest BCUT2D eigenvalue weighted by atomic mass is 79.9. The summed E-state index contributed by atoms with van der Waals surface area (Å²) in [5.41, 5.74) is 2.30. The van der Waals surface area contributed by atoms with E-state index >= 15 is 0 Å². The van der Waals surface area contributed by atoms with Crippen molar-refractivity contribution in [1.29, 1.82) is 0 Å². The van der Waals surface area contributed by atoms with Crippen molar-refractivity contribution >= 4 is 33.6 Å². The summed E-state index contributed by atoms with van der Waals surface area (Å²) in [6.07, 6.45) is 0. The molecule has 2 nitrogen and oxygen atoms in total. The van der Waals surface area contributed by atoms with Crippen molar-refractivity contribution in [1.82, 2.24) is 5.32 Å². The standard InChI is InChI=1S/C16H16BrNOS/c1-12-9-14(17)7-8-15(12)20-11-16(19)18-10-13-5-3-2-4-6-13/h2-9H,10-11H2,1H3,(H,18,19). The average Bonchev–Trinajstić information content (AvgIpc) is 2.45. The largest absolute Gasteiger partial charge is 0.351 e. The van der Waals surface area contributed by atoms with Gasteiger partial charge in [-0.25, -0.2) is 0 Å². The van der Waals surface area contributed by atoms with Crippen LogP contribution in [-0.2, 0) is 11.3 Å². The Hall–Kier alpha value is -1.26. The van der Waals surface area contributed by atoms with E-state index in [0.717, 1.165) is 14.9 Å². The van der Waals surface area contributed by atoms with Gasteiger partial charge in [-0.2, -0.15) is 0 Å². The van der Waals surface area contributed by atoms with Gasteiger partial charge in [0.25, 0.3) is 0 Å². The Morgan fingerprint density at radius 2 is 1.95 bits per heavy atom. The van der Waals surface area contributed by atoms with Gasteiger partial charge in [0.1, 0.15) is 0 Å². The summed E-state index contributed by atoms with van der Waals surface area (Å²) in [7, 11) is 0. The molecule has 2 aromatic carbocycles. The first kappa shape index (κ1) is 15.1. The molecule has 1 N–H and O–H groups in total. The van der Waals surface area contributed by atoms with E-state index in [-0.39, 0.29) is 5.91 Å². The molecule has 4 heteroatoms. The molecule has 1 amide bonds. The first-order valence-corrected chi connectivity index (χ1v) is 8.12. The number of rotatable bonds is 5. The Morgan fingerprint density at radius 1 is 1.20 bits per heavy atom. The SMILES string of the molecule is Cc1cc(Br)ccc1SCC(=O)NCc1ccccc1. The summed E-state index contributed by atoms with van der Waals surface area (Å²) in [6, 6.07) is 16.0. The zero-order valence-corrected chi connectivity index (χ0v) is 13.6. The van der Waals surface area contributed by atoms with Gasteiger partial charge < -0.3 is 5.32 Å². The number of hydrogen-bond donors (Lipinski definition) is 1. The molecule has 2 aromatic rings. The monoisotopic (exact) mass is 349 g/mol. The lowest BCUT2D eigenvalue weighted by Crippen LogP contribution is -2.24. The summed E-state index contributed by atoms with van der Waals surface area (Å²) < 4.78 is 1.06. The van der Waals surface area contributed by atoms with E-state index in [4.69, 9.17) is 0 Å².